The van der Waals surface area contributed by atoms with Gasteiger partial charge < -0.3 is 14.5 Å². The third kappa shape index (κ3) is 4.43. The Morgan fingerprint density at radius 2 is 1.91 bits per heavy atom. The number of anilines is 1. The predicted molar refractivity (Wildman–Crippen MR) is 121 cm³/mol. The van der Waals surface area contributed by atoms with Gasteiger partial charge >= 0.3 is 0 Å². The topological polar surface area (TPSA) is 76.4 Å². The van der Waals surface area contributed by atoms with Crippen LogP contribution in [-0.4, -0.2) is 70.5 Å². The molecule has 4 rings (SSSR count). The highest BCUT2D eigenvalue weighted by Crippen LogP contribution is 2.30. The van der Waals surface area contributed by atoms with Crippen molar-refractivity contribution in [2.24, 2.45) is 0 Å². The molecule has 3 heterocycles. The van der Waals surface area contributed by atoms with Gasteiger partial charge in [0.25, 0.3) is 0 Å². The lowest BCUT2D eigenvalue weighted by molar-refractivity contribution is -0.134. The molecule has 8 nitrogen and oxygen atoms in total. The second-order valence-electron chi connectivity index (χ2n) is 8.04. The van der Waals surface area contributed by atoms with Crippen molar-refractivity contribution in [2.45, 2.75) is 33.1 Å². The average molecular weight is 441 g/mol. The van der Waals surface area contributed by atoms with E-state index >= 15 is 0 Å². The molecule has 3 aromatic rings. The van der Waals surface area contributed by atoms with E-state index in [1.807, 2.05) is 11.8 Å². The summed E-state index contributed by atoms with van der Waals surface area (Å²) in [6.07, 6.45) is 2.52. The van der Waals surface area contributed by atoms with E-state index in [9.17, 15) is 9.18 Å². The van der Waals surface area contributed by atoms with Gasteiger partial charge in [0, 0.05) is 39.7 Å². The summed E-state index contributed by atoms with van der Waals surface area (Å²) in [7, 11) is 1.54. The second-order valence-corrected chi connectivity index (χ2v) is 8.04. The molecule has 0 spiro atoms. The summed E-state index contributed by atoms with van der Waals surface area (Å²) in [5, 5.41) is 5.62. The quantitative estimate of drug-likeness (QED) is 0.587. The van der Waals surface area contributed by atoms with Gasteiger partial charge in [-0.2, -0.15) is 5.10 Å². The molecule has 0 saturated carbocycles. The van der Waals surface area contributed by atoms with Crippen molar-refractivity contribution in [3.8, 4) is 5.69 Å². The molecule has 1 fully saturated rings. The van der Waals surface area contributed by atoms with Gasteiger partial charge in [-0.05, 0) is 44.0 Å². The van der Waals surface area contributed by atoms with Crippen LogP contribution in [0.4, 0.5) is 10.2 Å². The molecular weight excluding hydrogens is 411 g/mol. The lowest BCUT2D eigenvalue weighted by Crippen LogP contribution is -2.37. The van der Waals surface area contributed by atoms with Crippen LogP contribution in [-0.2, 0) is 16.0 Å². The maximum Gasteiger partial charge on any atom is 0.248 e. The molecule has 32 heavy (non-hydrogen) atoms. The first kappa shape index (κ1) is 22.1. The number of carbonyl (C=O) groups excluding carboxylic acids is 1. The van der Waals surface area contributed by atoms with E-state index in [0.29, 0.717) is 19.6 Å². The van der Waals surface area contributed by atoms with E-state index in [1.165, 1.54) is 19.2 Å². The van der Waals surface area contributed by atoms with Crippen molar-refractivity contribution < 1.29 is 13.9 Å². The zero-order chi connectivity index (χ0) is 22.7. The Balaban J connectivity index is 1.75. The zero-order valence-electron chi connectivity index (χ0n) is 18.8. The van der Waals surface area contributed by atoms with Crippen molar-refractivity contribution in [3.05, 3.63) is 41.6 Å². The van der Waals surface area contributed by atoms with Gasteiger partial charge in [0.1, 0.15) is 24.1 Å². The Labute approximate surface area is 187 Å². The van der Waals surface area contributed by atoms with Crippen LogP contribution >= 0.6 is 0 Å². The number of benzene rings is 1. The summed E-state index contributed by atoms with van der Waals surface area (Å²) < 4.78 is 20.3. The number of hydrogen-bond acceptors (Lipinski definition) is 6. The molecule has 2 aromatic heterocycles. The molecule has 0 unspecified atom stereocenters. The van der Waals surface area contributed by atoms with E-state index in [0.717, 1.165) is 59.9 Å². The Kier molecular flexibility index (Phi) is 6.64. The number of ether oxygens (including phenoxy) is 1. The molecule has 1 aliphatic heterocycles. The lowest BCUT2D eigenvalue weighted by Gasteiger charge is -2.24. The fourth-order valence-electron chi connectivity index (χ4n) is 4.13. The number of rotatable bonds is 6. The number of halogens is 1. The number of methoxy groups -OCH3 is 1. The van der Waals surface area contributed by atoms with E-state index in [2.05, 4.69) is 11.8 Å². The van der Waals surface area contributed by atoms with Crippen LogP contribution in [0.5, 0.6) is 0 Å². The summed E-state index contributed by atoms with van der Waals surface area (Å²) in [6.45, 7) is 6.91. The summed E-state index contributed by atoms with van der Waals surface area (Å²) in [5.74, 6) is 1.33. The molecular formula is C23H29FN6O2. The molecule has 1 aromatic carbocycles. The SMILES string of the molecule is CCCc1nc(N2CCCN(C(=O)COC)CC2)c2c(C)nn(-c3ccc(F)cc3)c2n1. The van der Waals surface area contributed by atoms with Crippen LogP contribution in [0.25, 0.3) is 16.7 Å². The standard InChI is InChI=1S/C23H29FN6O2/c1-4-6-19-25-22(29-12-5-11-28(13-14-29)20(31)15-32-3)21-16(2)27-30(23(21)26-19)18-9-7-17(24)8-10-18/h7-10H,4-6,11-15H2,1-3H3. The number of amides is 1. The molecule has 9 heteroatoms. The normalized spacial score (nSPS) is 14.8. The molecule has 0 N–H and O–H groups in total. The van der Waals surface area contributed by atoms with Gasteiger partial charge in [-0.15, -0.1) is 0 Å². The van der Waals surface area contributed by atoms with E-state index in [1.54, 1.807) is 16.8 Å². The van der Waals surface area contributed by atoms with Crippen LogP contribution < -0.4 is 4.90 Å². The summed E-state index contributed by atoms with van der Waals surface area (Å²) >= 11 is 0. The third-order valence-electron chi connectivity index (χ3n) is 5.69. The highest BCUT2D eigenvalue weighted by atomic mass is 19.1. The monoisotopic (exact) mass is 440 g/mol. The van der Waals surface area contributed by atoms with Crippen molar-refractivity contribution in [3.63, 3.8) is 0 Å². The molecule has 0 atom stereocenters. The molecule has 170 valence electrons. The Hall–Kier alpha value is -3.07. The maximum atomic E-state index is 13.5. The Morgan fingerprint density at radius 1 is 1.12 bits per heavy atom. The average Bonchev–Trinajstić information content (AvgIpc) is 2.96. The van der Waals surface area contributed by atoms with Gasteiger partial charge in [-0.3, -0.25) is 4.79 Å². The fourth-order valence-corrected chi connectivity index (χ4v) is 4.13. The largest absolute Gasteiger partial charge is 0.375 e. The van der Waals surface area contributed by atoms with Crippen LogP contribution in [0.3, 0.4) is 0 Å². The van der Waals surface area contributed by atoms with E-state index in [4.69, 9.17) is 19.8 Å². The molecule has 1 aliphatic rings. The maximum absolute atomic E-state index is 13.5. The molecule has 1 amide bonds. The zero-order valence-corrected chi connectivity index (χ0v) is 18.8. The first-order valence-corrected chi connectivity index (χ1v) is 11.1. The smallest absolute Gasteiger partial charge is 0.248 e. The molecule has 1 saturated heterocycles. The number of aromatic nitrogens is 4. The summed E-state index contributed by atoms with van der Waals surface area (Å²) in [6, 6.07) is 6.25. The van der Waals surface area contributed by atoms with Crippen molar-refractivity contribution in [1.82, 2.24) is 24.6 Å². The van der Waals surface area contributed by atoms with Crippen LogP contribution in [0, 0.1) is 12.7 Å². The number of hydrogen-bond donors (Lipinski definition) is 0. The summed E-state index contributed by atoms with van der Waals surface area (Å²) in [5.41, 5.74) is 2.29. The molecule has 0 aliphatic carbocycles. The van der Waals surface area contributed by atoms with Crippen molar-refractivity contribution in [2.75, 3.05) is 44.8 Å². The van der Waals surface area contributed by atoms with Crippen LogP contribution in [0.1, 0.15) is 31.3 Å². The minimum Gasteiger partial charge on any atom is -0.375 e. The lowest BCUT2D eigenvalue weighted by atomic mass is 10.2. The second kappa shape index (κ2) is 9.60. The van der Waals surface area contributed by atoms with Gasteiger partial charge in [-0.1, -0.05) is 6.92 Å². The highest BCUT2D eigenvalue weighted by molar-refractivity contribution is 5.91. The number of carbonyl (C=O) groups is 1. The number of nitrogens with zero attached hydrogens (tertiary/aromatic N) is 6. The van der Waals surface area contributed by atoms with Crippen LogP contribution in [0.15, 0.2) is 24.3 Å². The minimum absolute atomic E-state index is 0.00849. The third-order valence-corrected chi connectivity index (χ3v) is 5.69. The van der Waals surface area contributed by atoms with E-state index < -0.39 is 0 Å². The van der Waals surface area contributed by atoms with E-state index in [-0.39, 0.29) is 18.3 Å². The number of fused-ring (bicyclic) bond motifs is 1. The van der Waals surface area contributed by atoms with Crippen molar-refractivity contribution >= 4 is 22.8 Å². The van der Waals surface area contributed by atoms with Crippen LogP contribution in [0.2, 0.25) is 0 Å². The first-order chi connectivity index (χ1) is 15.5. The highest BCUT2D eigenvalue weighted by Gasteiger charge is 2.24. The summed E-state index contributed by atoms with van der Waals surface area (Å²) in [4.78, 5) is 26.1. The number of aryl methyl sites for hydroxylation is 2. The van der Waals surface area contributed by atoms with Gasteiger partial charge in [0.2, 0.25) is 5.91 Å². The fraction of sp³-hybridized carbons (Fsp3) is 0.478. The molecule has 0 radical (unpaired) electrons. The predicted octanol–water partition coefficient (Wildman–Crippen LogP) is 2.90. The minimum atomic E-state index is -0.291. The van der Waals surface area contributed by atoms with Gasteiger partial charge in [0.15, 0.2) is 5.65 Å². The van der Waals surface area contributed by atoms with Gasteiger partial charge in [0.05, 0.1) is 16.8 Å². The van der Waals surface area contributed by atoms with Gasteiger partial charge in [-0.25, -0.2) is 19.0 Å². The van der Waals surface area contributed by atoms with Crippen molar-refractivity contribution in [1.29, 1.82) is 0 Å². The molecule has 0 bridgehead atoms. The first-order valence-electron chi connectivity index (χ1n) is 11.1. The Morgan fingerprint density at radius 3 is 2.62 bits per heavy atom. The Bertz CT molecular complexity index is 1100.